The molecular formula is C20H23NO4. The highest BCUT2D eigenvalue weighted by molar-refractivity contribution is 5.91. The minimum atomic E-state index is -0.531. The van der Waals surface area contributed by atoms with Crippen molar-refractivity contribution in [3.8, 4) is 16.9 Å². The molecule has 1 amide bonds. The third kappa shape index (κ3) is 5.95. The highest BCUT2D eigenvalue weighted by Gasteiger charge is 2.10. The largest absolute Gasteiger partial charge is 0.508 e. The van der Waals surface area contributed by atoms with Gasteiger partial charge in [0.05, 0.1) is 5.56 Å². The van der Waals surface area contributed by atoms with Gasteiger partial charge in [-0.25, -0.2) is 4.79 Å². The summed E-state index contributed by atoms with van der Waals surface area (Å²) in [4.78, 5) is 23.6. The van der Waals surface area contributed by atoms with Gasteiger partial charge in [0.15, 0.2) is 6.61 Å². The molecule has 0 atom stereocenters. The fourth-order valence-corrected chi connectivity index (χ4v) is 2.22. The number of rotatable bonds is 7. The summed E-state index contributed by atoms with van der Waals surface area (Å²) >= 11 is 0. The number of hydrogen-bond acceptors (Lipinski definition) is 4. The molecule has 2 aromatic rings. The number of phenols is 1. The minimum Gasteiger partial charge on any atom is -0.508 e. The second-order valence-corrected chi connectivity index (χ2v) is 6.23. The van der Waals surface area contributed by atoms with Crippen molar-refractivity contribution in [2.75, 3.05) is 13.2 Å². The summed E-state index contributed by atoms with van der Waals surface area (Å²) < 4.78 is 5.02. The van der Waals surface area contributed by atoms with E-state index in [4.69, 9.17) is 4.74 Å². The molecular weight excluding hydrogens is 318 g/mol. The van der Waals surface area contributed by atoms with Gasteiger partial charge in [-0.05, 0) is 47.7 Å². The van der Waals surface area contributed by atoms with Crippen LogP contribution in [0, 0.1) is 5.92 Å². The van der Waals surface area contributed by atoms with E-state index in [1.165, 1.54) is 0 Å². The molecule has 0 heterocycles. The van der Waals surface area contributed by atoms with Gasteiger partial charge in [0.1, 0.15) is 5.75 Å². The van der Waals surface area contributed by atoms with Gasteiger partial charge in [0.2, 0.25) is 0 Å². The number of carbonyl (C=O) groups excluding carboxylic acids is 2. The van der Waals surface area contributed by atoms with Crippen LogP contribution in [0.15, 0.2) is 48.5 Å². The van der Waals surface area contributed by atoms with E-state index in [9.17, 15) is 14.7 Å². The monoisotopic (exact) mass is 341 g/mol. The van der Waals surface area contributed by atoms with E-state index in [1.807, 2.05) is 0 Å². The minimum absolute atomic E-state index is 0.204. The van der Waals surface area contributed by atoms with E-state index in [2.05, 4.69) is 19.2 Å². The van der Waals surface area contributed by atoms with Crippen LogP contribution < -0.4 is 5.32 Å². The normalized spacial score (nSPS) is 10.5. The molecule has 0 spiro atoms. The SMILES string of the molecule is CC(C)CCNC(=O)COC(=O)c1ccc(-c2ccc(O)cc2)cc1. The molecule has 0 fully saturated rings. The molecule has 2 N–H and O–H groups in total. The maximum atomic E-state index is 12.0. The van der Waals surface area contributed by atoms with Gasteiger partial charge in [-0.2, -0.15) is 0 Å². The van der Waals surface area contributed by atoms with Gasteiger partial charge >= 0.3 is 5.97 Å². The van der Waals surface area contributed by atoms with Crippen LogP contribution in [0.2, 0.25) is 0 Å². The fourth-order valence-electron chi connectivity index (χ4n) is 2.22. The third-order valence-electron chi connectivity index (χ3n) is 3.70. The molecule has 0 saturated carbocycles. The topological polar surface area (TPSA) is 75.6 Å². The molecule has 5 nitrogen and oxygen atoms in total. The lowest BCUT2D eigenvalue weighted by Crippen LogP contribution is -2.30. The van der Waals surface area contributed by atoms with Crippen molar-refractivity contribution in [3.05, 3.63) is 54.1 Å². The van der Waals surface area contributed by atoms with Crippen LogP contribution in [0.5, 0.6) is 5.75 Å². The summed E-state index contributed by atoms with van der Waals surface area (Å²) in [6.07, 6.45) is 0.887. The van der Waals surface area contributed by atoms with E-state index in [-0.39, 0.29) is 18.3 Å². The summed E-state index contributed by atoms with van der Waals surface area (Å²) in [5.74, 6) is -0.114. The van der Waals surface area contributed by atoms with Crippen LogP contribution in [-0.4, -0.2) is 30.1 Å². The highest BCUT2D eigenvalue weighted by Crippen LogP contribution is 2.22. The molecule has 132 valence electrons. The number of nitrogens with one attached hydrogen (secondary N) is 1. The molecule has 0 saturated heterocycles. The number of aromatic hydroxyl groups is 1. The molecule has 5 heteroatoms. The Balaban J connectivity index is 1.86. The number of esters is 1. The molecule has 2 rings (SSSR count). The van der Waals surface area contributed by atoms with Crippen molar-refractivity contribution in [2.24, 2.45) is 5.92 Å². The van der Waals surface area contributed by atoms with Crippen molar-refractivity contribution in [3.63, 3.8) is 0 Å². The van der Waals surface area contributed by atoms with E-state index in [0.29, 0.717) is 18.0 Å². The molecule has 0 aromatic heterocycles. The third-order valence-corrected chi connectivity index (χ3v) is 3.70. The smallest absolute Gasteiger partial charge is 0.338 e. The summed E-state index contributed by atoms with van der Waals surface area (Å²) in [6, 6.07) is 13.7. The quantitative estimate of drug-likeness (QED) is 0.757. The van der Waals surface area contributed by atoms with Crippen molar-refractivity contribution < 1.29 is 19.4 Å². The molecule has 2 aromatic carbocycles. The molecule has 0 bridgehead atoms. The predicted molar refractivity (Wildman–Crippen MR) is 96.3 cm³/mol. The standard InChI is InChI=1S/C20H23NO4/c1-14(2)11-12-21-19(23)13-25-20(24)17-5-3-15(4-6-17)16-7-9-18(22)10-8-16/h3-10,14,22H,11-13H2,1-2H3,(H,21,23). The van der Waals surface area contributed by atoms with Crippen molar-refractivity contribution in [1.29, 1.82) is 0 Å². The first-order chi connectivity index (χ1) is 12.0. The lowest BCUT2D eigenvalue weighted by Gasteiger charge is -2.08. The Bertz CT molecular complexity index is 705. The predicted octanol–water partition coefficient (Wildman–Crippen LogP) is 3.38. The highest BCUT2D eigenvalue weighted by atomic mass is 16.5. The second kappa shape index (κ2) is 8.87. The van der Waals surface area contributed by atoms with Gasteiger partial charge in [0, 0.05) is 6.54 Å². The second-order valence-electron chi connectivity index (χ2n) is 6.23. The average molecular weight is 341 g/mol. The first-order valence-electron chi connectivity index (χ1n) is 8.29. The average Bonchev–Trinajstić information content (AvgIpc) is 2.60. The first kappa shape index (κ1) is 18.5. The molecule has 0 unspecified atom stereocenters. The van der Waals surface area contributed by atoms with Crippen LogP contribution in [0.25, 0.3) is 11.1 Å². The Kier molecular flexibility index (Phi) is 6.57. The number of carbonyl (C=O) groups is 2. The first-order valence-corrected chi connectivity index (χ1v) is 8.29. The number of hydrogen-bond donors (Lipinski definition) is 2. The van der Waals surface area contributed by atoms with E-state index < -0.39 is 5.97 Å². The van der Waals surface area contributed by atoms with Gasteiger partial charge in [0.25, 0.3) is 5.91 Å². The van der Waals surface area contributed by atoms with Crippen LogP contribution in [0.1, 0.15) is 30.6 Å². The molecule has 0 aliphatic rings. The molecule has 0 radical (unpaired) electrons. The van der Waals surface area contributed by atoms with Gasteiger partial charge < -0.3 is 15.2 Å². The molecule has 0 aliphatic heterocycles. The van der Waals surface area contributed by atoms with Crippen LogP contribution in [0.4, 0.5) is 0 Å². The Morgan fingerprint density at radius 3 is 2.12 bits per heavy atom. The number of ether oxygens (including phenoxy) is 1. The maximum Gasteiger partial charge on any atom is 0.338 e. The van der Waals surface area contributed by atoms with Crippen molar-refractivity contribution in [1.82, 2.24) is 5.32 Å². The van der Waals surface area contributed by atoms with Crippen molar-refractivity contribution in [2.45, 2.75) is 20.3 Å². The Morgan fingerprint density at radius 1 is 1.00 bits per heavy atom. The zero-order valence-corrected chi connectivity index (χ0v) is 14.5. The van der Waals surface area contributed by atoms with Gasteiger partial charge in [-0.15, -0.1) is 0 Å². The van der Waals surface area contributed by atoms with Crippen LogP contribution >= 0.6 is 0 Å². The van der Waals surface area contributed by atoms with Gasteiger partial charge in [-0.1, -0.05) is 38.1 Å². The summed E-state index contributed by atoms with van der Waals surface area (Å²) in [6.45, 7) is 4.45. The number of amides is 1. The lowest BCUT2D eigenvalue weighted by molar-refractivity contribution is -0.124. The van der Waals surface area contributed by atoms with E-state index in [0.717, 1.165) is 17.5 Å². The maximum absolute atomic E-state index is 12.0. The zero-order valence-electron chi connectivity index (χ0n) is 14.5. The van der Waals surface area contributed by atoms with E-state index >= 15 is 0 Å². The van der Waals surface area contributed by atoms with Crippen molar-refractivity contribution >= 4 is 11.9 Å². The summed E-state index contributed by atoms with van der Waals surface area (Å²) in [5, 5.41) is 12.0. The molecule has 25 heavy (non-hydrogen) atoms. The Hall–Kier alpha value is -2.82. The number of phenolic OH excluding ortho intramolecular Hbond substituents is 1. The molecule has 0 aliphatic carbocycles. The lowest BCUT2D eigenvalue weighted by atomic mass is 10.0. The van der Waals surface area contributed by atoms with Gasteiger partial charge in [-0.3, -0.25) is 4.79 Å². The van der Waals surface area contributed by atoms with Crippen LogP contribution in [0.3, 0.4) is 0 Å². The summed E-state index contributed by atoms with van der Waals surface area (Å²) in [7, 11) is 0. The Morgan fingerprint density at radius 2 is 1.56 bits per heavy atom. The summed E-state index contributed by atoms with van der Waals surface area (Å²) in [5.41, 5.74) is 2.24. The number of benzene rings is 2. The van der Waals surface area contributed by atoms with E-state index in [1.54, 1.807) is 48.5 Å². The zero-order chi connectivity index (χ0) is 18.2. The fraction of sp³-hybridized carbons (Fsp3) is 0.300. The Labute approximate surface area is 147 Å². The van der Waals surface area contributed by atoms with Crippen LogP contribution in [-0.2, 0) is 9.53 Å².